The summed E-state index contributed by atoms with van der Waals surface area (Å²) in [4.78, 5) is 10.9. The zero-order valence-electron chi connectivity index (χ0n) is 11.5. The van der Waals surface area contributed by atoms with Crippen LogP contribution in [-0.4, -0.2) is 65.8 Å². The Kier molecular flexibility index (Phi) is 14.0. The molecule has 0 spiro atoms. The van der Waals surface area contributed by atoms with Crippen molar-refractivity contribution < 1.29 is 23.7 Å². The van der Waals surface area contributed by atoms with Crippen LogP contribution in [0.1, 0.15) is 6.42 Å². The molecular weight excluding hydrogens is 250 g/mol. The van der Waals surface area contributed by atoms with E-state index in [9.17, 15) is 4.79 Å². The first-order chi connectivity index (χ1) is 9.31. The smallest absolute Gasteiger partial charge is 0.222 e. The van der Waals surface area contributed by atoms with E-state index in [0.29, 0.717) is 59.3 Å². The molecule has 0 aromatic carbocycles. The van der Waals surface area contributed by atoms with Crippen LogP contribution in [0.25, 0.3) is 0 Å². The van der Waals surface area contributed by atoms with E-state index in [-0.39, 0.29) is 5.91 Å². The third kappa shape index (κ3) is 14.8. The third-order valence-electron chi connectivity index (χ3n) is 2.05. The van der Waals surface area contributed by atoms with Gasteiger partial charge in [-0.2, -0.15) is 0 Å². The molecule has 0 saturated carbocycles. The van der Waals surface area contributed by atoms with E-state index in [1.165, 1.54) is 0 Å². The predicted molar refractivity (Wildman–Crippen MR) is 70.8 cm³/mol. The van der Waals surface area contributed by atoms with Crippen molar-refractivity contribution in [3.8, 4) is 12.3 Å². The third-order valence-corrected chi connectivity index (χ3v) is 2.05. The molecule has 1 N–H and O–H groups in total. The van der Waals surface area contributed by atoms with Gasteiger partial charge in [-0.1, -0.05) is 5.92 Å². The van der Waals surface area contributed by atoms with Gasteiger partial charge in [0.05, 0.1) is 46.2 Å². The SMILES string of the molecule is C#CCOCCOCCOCCOCCC(=O)NC. The highest BCUT2D eigenvalue weighted by atomic mass is 16.6. The minimum atomic E-state index is -0.0265. The Morgan fingerprint density at radius 3 is 1.89 bits per heavy atom. The van der Waals surface area contributed by atoms with E-state index >= 15 is 0 Å². The van der Waals surface area contributed by atoms with Crippen molar-refractivity contribution in [2.45, 2.75) is 6.42 Å². The maximum absolute atomic E-state index is 10.9. The van der Waals surface area contributed by atoms with E-state index in [2.05, 4.69) is 11.2 Å². The van der Waals surface area contributed by atoms with Gasteiger partial charge in [0, 0.05) is 13.5 Å². The maximum Gasteiger partial charge on any atom is 0.222 e. The lowest BCUT2D eigenvalue weighted by Crippen LogP contribution is -2.20. The van der Waals surface area contributed by atoms with Crippen molar-refractivity contribution in [1.82, 2.24) is 5.32 Å². The van der Waals surface area contributed by atoms with Crippen LogP contribution in [0, 0.1) is 12.3 Å². The van der Waals surface area contributed by atoms with E-state index in [1.807, 2.05) is 0 Å². The van der Waals surface area contributed by atoms with Crippen molar-refractivity contribution in [2.75, 3.05) is 59.9 Å². The van der Waals surface area contributed by atoms with Gasteiger partial charge in [0.1, 0.15) is 6.61 Å². The Morgan fingerprint density at radius 2 is 1.42 bits per heavy atom. The number of nitrogens with one attached hydrogen (secondary N) is 1. The van der Waals surface area contributed by atoms with Crippen LogP contribution < -0.4 is 5.32 Å². The molecule has 0 saturated heterocycles. The van der Waals surface area contributed by atoms with E-state index in [4.69, 9.17) is 25.4 Å². The van der Waals surface area contributed by atoms with Crippen molar-refractivity contribution in [2.24, 2.45) is 0 Å². The molecule has 1 amide bonds. The van der Waals surface area contributed by atoms with Gasteiger partial charge in [-0.05, 0) is 0 Å². The quantitative estimate of drug-likeness (QED) is 0.372. The molecule has 0 bridgehead atoms. The second-order valence-electron chi connectivity index (χ2n) is 3.52. The molecular formula is C13H23NO5. The van der Waals surface area contributed by atoms with Crippen LogP contribution in [0.5, 0.6) is 0 Å². The van der Waals surface area contributed by atoms with E-state index in [0.717, 1.165) is 0 Å². The standard InChI is InChI=1S/C13H23NO5/c1-3-5-16-7-9-18-11-12-19-10-8-17-6-4-13(15)14-2/h1H,4-12H2,2H3,(H,14,15). The summed E-state index contributed by atoms with van der Waals surface area (Å²) in [6.07, 6.45) is 5.39. The summed E-state index contributed by atoms with van der Waals surface area (Å²) in [5, 5.41) is 2.52. The van der Waals surface area contributed by atoms with Crippen LogP contribution in [0.15, 0.2) is 0 Å². The number of amides is 1. The minimum Gasteiger partial charge on any atom is -0.379 e. The highest BCUT2D eigenvalue weighted by Crippen LogP contribution is 1.85. The van der Waals surface area contributed by atoms with Gasteiger partial charge in [0.2, 0.25) is 5.91 Å². The summed E-state index contributed by atoms with van der Waals surface area (Å²) in [6.45, 7) is 3.71. The fourth-order valence-corrected chi connectivity index (χ4v) is 1.08. The lowest BCUT2D eigenvalue weighted by molar-refractivity contribution is -0.121. The molecule has 0 aromatic heterocycles. The van der Waals surface area contributed by atoms with Gasteiger partial charge in [-0.25, -0.2) is 0 Å². The normalized spacial score (nSPS) is 10.1. The maximum atomic E-state index is 10.9. The molecule has 0 atom stereocenters. The molecule has 0 radical (unpaired) electrons. The second-order valence-corrected chi connectivity index (χ2v) is 3.52. The molecule has 0 aromatic rings. The van der Waals surface area contributed by atoms with Gasteiger partial charge in [0.25, 0.3) is 0 Å². The lowest BCUT2D eigenvalue weighted by atomic mass is 10.4. The van der Waals surface area contributed by atoms with E-state index < -0.39 is 0 Å². The van der Waals surface area contributed by atoms with Crippen molar-refractivity contribution in [3.63, 3.8) is 0 Å². The number of carbonyl (C=O) groups excluding carboxylic acids is 1. The highest BCUT2D eigenvalue weighted by Gasteiger charge is 1.97. The minimum absolute atomic E-state index is 0.0265. The molecule has 19 heavy (non-hydrogen) atoms. The Balaban J connectivity index is 2.99. The number of rotatable bonds is 13. The first-order valence-electron chi connectivity index (χ1n) is 6.26. The molecule has 0 aliphatic carbocycles. The van der Waals surface area contributed by atoms with Gasteiger partial charge < -0.3 is 24.3 Å². The molecule has 0 rings (SSSR count). The molecule has 0 heterocycles. The molecule has 0 fully saturated rings. The average molecular weight is 273 g/mol. The van der Waals surface area contributed by atoms with Crippen LogP contribution in [0.3, 0.4) is 0 Å². The molecule has 6 heteroatoms. The zero-order valence-corrected chi connectivity index (χ0v) is 11.5. The second kappa shape index (κ2) is 14.9. The number of hydrogen-bond donors (Lipinski definition) is 1. The molecule has 0 aliphatic rings. The molecule has 0 unspecified atom stereocenters. The van der Waals surface area contributed by atoms with E-state index in [1.54, 1.807) is 7.05 Å². The summed E-state index contributed by atoms with van der Waals surface area (Å²) in [7, 11) is 1.60. The Labute approximate surface area is 114 Å². The summed E-state index contributed by atoms with van der Waals surface area (Å²) in [6, 6.07) is 0. The summed E-state index contributed by atoms with van der Waals surface area (Å²) in [5.74, 6) is 2.35. The van der Waals surface area contributed by atoms with Crippen LogP contribution in [0.2, 0.25) is 0 Å². The molecule has 6 nitrogen and oxygen atoms in total. The highest BCUT2D eigenvalue weighted by molar-refractivity contribution is 5.75. The number of hydrogen-bond acceptors (Lipinski definition) is 5. The molecule has 110 valence electrons. The largest absolute Gasteiger partial charge is 0.379 e. The fourth-order valence-electron chi connectivity index (χ4n) is 1.08. The average Bonchev–Trinajstić information content (AvgIpc) is 2.43. The number of ether oxygens (including phenoxy) is 4. The Bertz CT molecular complexity index is 252. The first-order valence-corrected chi connectivity index (χ1v) is 6.26. The van der Waals surface area contributed by atoms with Gasteiger partial charge >= 0.3 is 0 Å². The number of carbonyl (C=O) groups is 1. The number of terminal acetylenes is 1. The monoisotopic (exact) mass is 273 g/mol. The lowest BCUT2D eigenvalue weighted by Gasteiger charge is -2.06. The first kappa shape index (κ1) is 17.9. The van der Waals surface area contributed by atoms with Gasteiger partial charge in [-0.3, -0.25) is 4.79 Å². The molecule has 0 aliphatic heterocycles. The van der Waals surface area contributed by atoms with Crippen molar-refractivity contribution >= 4 is 5.91 Å². The van der Waals surface area contributed by atoms with Crippen LogP contribution in [0.4, 0.5) is 0 Å². The summed E-state index contributed by atoms with van der Waals surface area (Å²) >= 11 is 0. The Morgan fingerprint density at radius 1 is 0.947 bits per heavy atom. The Hall–Kier alpha value is -1.13. The van der Waals surface area contributed by atoms with Crippen LogP contribution in [-0.2, 0) is 23.7 Å². The fraction of sp³-hybridized carbons (Fsp3) is 0.769. The topological polar surface area (TPSA) is 66.0 Å². The van der Waals surface area contributed by atoms with Gasteiger partial charge in [0.15, 0.2) is 0 Å². The summed E-state index contributed by atoms with van der Waals surface area (Å²) in [5.41, 5.74) is 0. The zero-order chi connectivity index (χ0) is 14.2. The van der Waals surface area contributed by atoms with Crippen molar-refractivity contribution in [3.05, 3.63) is 0 Å². The predicted octanol–water partition coefficient (Wildman–Crippen LogP) is -0.178. The van der Waals surface area contributed by atoms with Gasteiger partial charge in [-0.15, -0.1) is 6.42 Å². The van der Waals surface area contributed by atoms with Crippen molar-refractivity contribution in [1.29, 1.82) is 0 Å². The van der Waals surface area contributed by atoms with Crippen LogP contribution >= 0.6 is 0 Å². The summed E-state index contributed by atoms with van der Waals surface area (Å²) < 4.78 is 20.8.